The SMILES string of the molecule is C=C1c2cc(CC)ccc2CN1C(C)C. The van der Waals surface area contributed by atoms with Crippen molar-refractivity contribution in [1.82, 2.24) is 4.90 Å². The van der Waals surface area contributed by atoms with Gasteiger partial charge in [-0.05, 0) is 37.5 Å². The molecule has 1 aliphatic heterocycles. The molecule has 0 N–H and O–H groups in total. The van der Waals surface area contributed by atoms with Crippen molar-refractivity contribution in [2.45, 2.75) is 39.8 Å². The van der Waals surface area contributed by atoms with Gasteiger partial charge in [0.05, 0.1) is 0 Å². The summed E-state index contributed by atoms with van der Waals surface area (Å²) in [6.45, 7) is 11.9. The van der Waals surface area contributed by atoms with E-state index in [1.807, 2.05) is 0 Å². The van der Waals surface area contributed by atoms with Gasteiger partial charge in [0, 0.05) is 23.8 Å². The molecule has 1 heteroatoms. The van der Waals surface area contributed by atoms with Crippen LogP contribution in [0.4, 0.5) is 0 Å². The highest BCUT2D eigenvalue weighted by Crippen LogP contribution is 2.33. The number of hydrogen-bond acceptors (Lipinski definition) is 1. The molecule has 0 saturated heterocycles. The van der Waals surface area contributed by atoms with E-state index in [0.717, 1.165) is 13.0 Å². The van der Waals surface area contributed by atoms with E-state index >= 15 is 0 Å². The van der Waals surface area contributed by atoms with Crippen molar-refractivity contribution in [2.24, 2.45) is 0 Å². The van der Waals surface area contributed by atoms with Crippen LogP contribution in [0.25, 0.3) is 5.70 Å². The first-order chi connectivity index (χ1) is 7.13. The minimum Gasteiger partial charge on any atom is -0.365 e. The van der Waals surface area contributed by atoms with E-state index in [9.17, 15) is 0 Å². The molecule has 1 aromatic carbocycles. The highest BCUT2D eigenvalue weighted by molar-refractivity contribution is 5.69. The summed E-state index contributed by atoms with van der Waals surface area (Å²) in [5.74, 6) is 0. The Morgan fingerprint density at radius 3 is 2.73 bits per heavy atom. The van der Waals surface area contributed by atoms with Crippen molar-refractivity contribution in [3.63, 3.8) is 0 Å². The summed E-state index contributed by atoms with van der Waals surface area (Å²) in [5, 5.41) is 0. The molecule has 1 aliphatic rings. The monoisotopic (exact) mass is 201 g/mol. The molecule has 1 heterocycles. The highest BCUT2D eigenvalue weighted by atomic mass is 15.2. The van der Waals surface area contributed by atoms with Gasteiger partial charge in [-0.15, -0.1) is 0 Å². The van der Waals surface area contributed by atoms with Crippen LogP contribution in [-0.4, -0.2) is 10.9 Å². The molecule has 0 spiro atoms. The van der Waals surface area contributed by atoms with Crippen molar-refractivity contribution in [3.8, 4) is 0 Å². The van der Waals surface area contributed by atoms with Crippen LogP contribution in [0.15, 0.2) is 24.8 Å². The van der Waals surface area contributed by atoms with E-state index in [2.05, 4.69) is 50.4 Å². The second-order valence-electron chi connectivity index (χ2n) is 4.51. The number of hydrogen-bond donors (Lipinski definition) is 0. The average molecular weight is 201 g/mol. The Bertz CT molecular complexity index is 390. The minimum absolute atomic E-state index is 0.537. The van der Waals surface area contributed by atoms with E-state index in [1.54, 1.807) is 0 Å². The Morgan fingerprint density at radius 2 is 2.13 bits per heavy atom. The second kappa shape index (κ2) is 3.73. The predicted molar refractivity (Wildman–Crippen MR) is 65.5 cm³/mol. The van der Waals surface area contributed by atoms with Crippen LogP contribution in [0.5, 0.6) is 0 Å². The lowest BCUT2D eigenvalue weighted by atomic mass is 10.0. The van der Waals surface area contributed by atoms with E-state index in [1.165, 1.54) is 22.4 Å². The zero-order valence-corrected chi connectivity index (χ0v) is 9.88. The molecule has 80 valence electrons. The van der Waals surface area contributed by atoms with Crippen LogP contribution in [0.3, 0.4) is 0 Å². The third-order valence-corrected chi connectivity index (χ3v) is 3.20. The summed E-state index contributed by atoms with van der Waals surface area (Å²) >= 11 is 0. The lowest BCUT2D eigenvalue weighted by molar-refractivity contribution is 0.339. The summed E-state index contributed by atoms with van der Waals surface area (Å²) in [5.41, 5.74) is 5.37. The molecule has 1 nitrogen and oxygen atoms in total. The number of nitrogens with zero attached hydrogens (tertiary/aromatic N) is 1. The Morgan fingerprint density at radius 1 is 1.40 bits per heavy atom. The molecular weight excluding hydrogens is 182 g/mol. The molecule has 0 bridgehead atoms. The lowest BCUT2D eigenvalue weighted by Gasteiger charge is -2.23. The van der Waals surface area contributed by atoms with Gasteiger partial charge < -0.3 is 4.90 Å². The Hall–Kier alpha value is -1.24. The molecule has 0 atom stereocenters. The molecule has 15 heavy (non-hydrogen) atoms. The fourth-order valence-electron chi connectivity index (χ4n) is 2.18. The fourth-order valence-corrected chi connectivity index (χ4v) is 2.18. The molecule has 0 saturated carbocycles. The summed E-state index contributed by atoms with van der Waals surface area (Å²) in [6, 6.07) is 7.31. The van der Waals surface area contributed by atoms with Gasteiger partial charge in [-0.25, -0.2) is 0 Å². The standard InChI is InChI=1S/C14H19N/c1-5-12-6-7-13-9-15(10(2)3)11(4)14(13)8-12/h6-8,10H,4-5,9H2,1-3H3. The van der Waals surface area contributed by atoms with E-state index in [4.69, 9.17) is 0 Å². The van der Waals surface area contributed by atoms with Crippen LogP contribution in [0, 0.1) is 0 Å². The first-order valence-electron chi connectivity index (χ1n) is 5.71. The van der Waals surface area contributed by atoms with Gasteiger partial charge >= 0.3 is 0 Å². The fraction of sp³-hybridized carbons (Fsp3) is 0.429. The molecule has 0 aromatic heterocycles. The maximum absolute atomic E-state index is 4.20. The van der Waals surface area contributed by atoms with E-state index < -0.39 is 0 Å². The van der Waals surface area contributed by atoms with Gasteiger partial charge in [-0.3, -0.25) is 0 Å². The first kappa shape index (κ1) is 10.3. The molecule has 1 aromatic rings. The summed E-state index contributed by atoms with van der Waals surface area (Å²) in [4.78, 5) is 2.37. The van der Waals surface area contributed by atoms with Gasteiger partial charge in [-0.1, -0.05) is 25.6 Å². The topological polar surface area (TPSA) is 3.24 Å². The minimum atomic E-state index is 0.537. The summed E-state index contributed by atoms with van der Waals surface area (Å²) in [7, 11) is 0. The summed E-state index contributed by atoms with van der Waals surface area (Å²) < 4.78 is 0. The molecule has 0 unspecified atom stereocenters. The maximum atomic E-state index is 4.20. The quantitative estimate of drug-likeness (QED) is 0.708. The number of aryl methyl sites for hydroxylation is 1. The van der Waals surface area contributed by atoms with Gasteiger partial charge in [-0.2, -0.15) is 0 Å². The largest absolute Gasteiger partial charge is 0.365 e. The van der Waals surface area contributed by atoms with Crippen LogP contribution in [0.2, 0.25) is 0 Å². The van der Waals surface area contributed by atoms with Crippen LogP contribution >= 0.6 is 0 Å². The highest BCUT2D eigenvalue weighted by Gasteiger charge is 2.23. The molecule has 0 radical (unpaired) electrons. The van der Waals surface area contributed by atoms with E-state index in [-0.39, 0.29) is 0 Å². The van der Waals surface area contributed by atoms with Crippen molar-refractivity contribution in [2.75, 3.05) is 0 Å². The normalized spacial score (nSPS) is 14.9. The van der Waals surface area contributed by atoms with E-state index in [0.29, 0.717) is 6.04 Å². The summed E-state index contributed by atoms with van der Waals surface area (Å²) in [6.07, 6.45) is 1.10. The Balaban J connectivity index is 2.38. The smallest absolute Gasteiger partial charge is 0.0439 e. The number of benzene rings is 1. The molecule has 0 amide bonds. The van der Waals surface area contributed by atoms with Gasteiger partial charge in [0.1, 0.15) is 0 Å². The average Bonchev–Trinajstić information content (AvgIpc) is 2.56. The number of fused-ring (bicyclic) bond motifs is 1. The lowest BCUT2D eigenvalue weighted by Crippen LogP contribution is -2.23. The van der Waals surface area contributed by atoms with Gasteiger partial charge in [0.25, 0.3) is 0 Å². The van der Waals surface area contributed by atoms with Crippen LogP contribution < -0.4 is 0 Å². The third kappa shape index (κ3) is 1.67. The zero-order valence-electron chi connectivity index (χ0n) is 9.88. The molecule has 0 fully saturated rings. The second-order valence-corrected chi connectivity index (χ2v) is 4.51. The predicted octanol–water partition coefficient (Wildman–Crippen LogP) is 3.44. The zero-order chi connectivity index (χ0) is 11.0. The van der Waals surface area contributed by atoms with Gasteiger partial charge in [0.2, 0.25) is 0 Å². The van der Waals surface area contributed by atoms with Crippen molar-refractivity contribution >= 4 is 5.70 Å². The van der Waals surface area contributed by atoms with Crippen LogP contribution in [-0.2, 0) is 13.0 Å². The third-order valence-electron chi connectivity index (χ3n) is 3.20. The van der Waals surface area contributed by atoms with Crippen LogP contribution in [0.1, 0.15) is 37.5 Å². The molecular formula is C14H19N. The van der Waals surface area contributed by atoms with Gasteiger partial charge in [0.15, 0.2) is 0 Å². The first-order valence-corrected chi connectivity index (χ1v) is 5.71. The van der Waals surface area contributed by atoms with Crippen molar-refractivity contribution in [3.05, 3.63) is 41.5 Å². The van der Waals surface area contributed by atoms with Crippen molar-refractivity contribution in [1.29, 1.82) is 0 Å². The Kier molecular flexibility index (Phi) is 2.56. The molecule has 2 rings (SSSR count). The van der Waals surface area contributed by atoms with Crippen molar-refractivity contribution < 1.29 is 0 Å². The number of rotatable bonds is 2. The Labute approximate surface area is 92.4 Å². The maximum Gasteiger partial charge on any atom is 0.0439 e. The molecule has 0 aliphatic carbocycles.